The number of carbonyl (C=O) groups excluding carboxylic acids is 1. The highest BCUT2D eigenvalue weighted by Crippen LogP contribution is 2.41. The number of nitrogens with zero attached hydrogens (tertiary/aromatic N) is 4. The molecule has 0 saturated carbocycles. The molecule has 1 unspecified atom stereocenters. The fraction of sp³-hybridized carbons (Fsp3) is 0.450. The van der Waals surface area contributed by atoms with Crippen LogP contribution in [0.15, 0.2) is 30.3 Å². The summed E-state index contributed by atoms with van der Waals surface area (Å²) in [7, 11) is 1.63. The molecule has 1 fully saturated rings. The Morgan fingerprint density at radius 1 is 1.08 bits per heavy atom. The standard InChI is InChI=1S/C20H24N4O2/c1-13(2)24-18(25)17-15(19(24)26-3)16(14-9-5-4-6-10-14)21-20(22-17)23-11-7-8-12-23/h4-6,9-10,13,19H,7-8,11-12H2,1-3H3. The maximum absolute atomic E-state index is 13.1. The van der Waals surface area contributed by atoms with Crippen molar-refractivity contribution in [3.05, 3.63) is 41.6 Å². The van der Waals surface area contributed by atoms with Crippen molar-refractivity contribution in [1.29, 1.82) is 0 Å². The highest BCUT2D eigenvalue weighted by atomic mass is 16.5. The molecular weight excluding hydrogens is 328 g/mol. The van der Waals surface area contributed by atoms with Gasteiger partial charge in [-0.3, -0.25) is 4.79 Å². The van der Waals surface area contributed by atoms with Gasteiger partial charge in [-0.25, -0.2) is 9.97 Å². The van der Waals surface area contributed by atoms with Crippen LogP contribution in [-0.4, -0.2) is 47.0 Å². The van der Waals surface area contributed by atoms with Crippen LogP contribution in [0.5, 0.6) is 0 Å². The van der Waals surface area contributed by atoms with Crippen molar-refractivity contribution in [3.63, 3.8) is 0 Å². The van der Waals surface area contributed by atoms with Gasteiger partial charge in [0.25, 0.3) is 5.91 Å². The number of anilines is 1. The molecule has 26 heavy (non-hydrogen) atoms. The van der Waals surface area contributed by atoms with Crippen LogP contribution < -0.4 is 4.90 Å². The number of benzene rings is 1. The largest absolute Gasteiger partial charge is 0.357 e. The minimum Gasteiger partial charge on any atom is -0.357 e. The lowest BCUT2D eigenvalue weighted by Crippen LogP contribution is -2.35. The van der Waals surface area contributed by atoms with Crippen LogP contribution >= 0.6 is 0 Å². The number of hydrogen-bond donors (Lipinski definition) is 0. The SMILES string of the molecule is COC1c2c(nc(N3CCCC3)nc2-c2ccccc2)C(=O)N1C(C)C. The van der Waals surface area contributed by atoms with E-state index in [4.69, 9.17) is 9.72 Å². The molecule has 6 heteroatoms. The highest BCUT2D eigenvalue weighted by molar-refractivity contribution is 5.99. The van der Waals surface area contributed by atoms with Gasteiger partial charge in [0.2, 0.25) is 5.95 Å². The summed E-state index contributed by atoms with van der Waals surface area (Å²) in [5, 5.41) is 0. The number of ether oxygens (including phenoxy) is 1. The first-order chi connectivity index (χ1) is 12.6. The summed E-state index contributed by atoms with van der Waals surface area (Å²) in [5.41, 5.74) is 3.02. The van der Waals surface area contributed by atoms with Crippen LogP contribution in [-0.2, 0) is 4.74 Å². The smallest absolute Gasteiger partial charge is 0.275 e. The van der Waals surface area contributed by atoms with Crippen LogP contribution in [0.3, 0.4) is 0 Å². The summed E-state index contributed by atoms with van der Waals surface area (Å²) >= 11 is 0. The molecule has 2 aliphatic heterocycles. The first kappa shape index (κ1) is 17.0. The minimum atomic E-state index is -0.458. The zero-order valence-corrected chi connectivity index (χ0v) is 15.5. The van der Waals surface area contributed by atoms with E-state index in [2.05, 4.69) is 9.88 Å². The third kappa shape index (κ3) is 2.65. The molecule has 0 aliphatic carbocycles. The molecule has 1 saturated heterocycles. The summed E-state index contributed by atoms with van der Waals surface area (Å²) in [6.45, 7) is 5.85. The van der Waals surface area contributed by atoms with Gasteiger partial charge in [-0.05, 0) is 26.7 Å². The van der Waals surface area contributed by atoms with Gasteiger partial charge in [0.15, 0.2) is 6.23 Å². The number of rotatable bonds is 4. The van der Waals surface area contributed by atoms with Crippen LogP contribution in [0.25, 0.3) is 11.3 Å². The molecule has 1 aromatic carbocycles. The fourth-order valence-electron chi connectivity index (χ4n) is 3.83. The van der Waals surface area contributed by atoms with E-state index in [-0.39, 0.29) is 11.9 Å². The Hall–Kier alpha value is -2.47. The van der Waals surface area contributed by atoms with E-state index in [1.54, 1.807) is 12.0 Å². The second-order valence-corrected chi connectivity index (χ2v) is 7.09. The highest BCUT2D eigenvalue weighted by Gasteiger charge is 2.43. The fourth-order valence-corrected chi connectivity index (χ4v) is 3.83. The van der Waals surface area contributed by atoms with Crippen LogP contribution in [0.2, 0.25) is 0 Å². The maximum atomic E-state index is 13.1. The Morgan fingerprint density at radius 2 is 1.73 bits per heavy atom. The first-order valence-electron chi connectivity index (χ1n) is 9.19. The normalized spacial score (nSPS) is 19.5. The Kier molecular flexibility index (Phi) is 4.36. The van der Waals surface area contributed by atoms with Crippen molar-refractivity contribution in [2.24, 2.45) is 0 Å². The molecule has 2 aromatic rings. The Bertz CT molecular complexity index is 816. The number of carbonyl (C=O) groups is 1. The molecule has 0 spiro atoms. The number of fused-ring (bicyclic) bond motifs is 1. The van der Waals surface area contributed by atoms with Crippen LogP contribution in [0.4, 0.5) is 5.95 Å². The van der Waals surface area contributed by atoms with Gasteiger partial charge in [-0.2, -0.15) is 0 Å². The lowest BCUT2D eigenvalue weighted by Gasteiger charge is -2.27. The second-order valence-electron chi connectivity index (χ2n) is 7.09. The number of methoxy groups -OCH3 is 1. The van der Waals surface area contributed by atoms with Gasteiger partial charge < -0.3 is 14.5 Å². The van der Waals surface area contributed by atoms with Gasteiger partial charge >= 0.3 is 0 Å². The lowest BCUT2D eigenvalue weighted by atomic mass is 10.0. The molecule has 0 radical (unpaired) electrons. The summed E-state index contributed by atoms with van der Waals surface area (Å²) in [4.78, 5) is 26.6. The maximum Gasteiger partial charge on any atom is 0.275 e. The van der Waals surface area contributed by atoms with E-state index in [1.165, 1.54) is 0 Å². The van der Waals surface area contributed by atoms with Gasteiger partial charge in [-0.15, -0.1) is 0 Å². The van der Waals surface area contributed by atoms with Crippen molar-refractivity contribution in [2.45, 2.75) is 39.0 Å². The van der Waals surface area contributed by atoms with Crippen LogP contribution in [0.1, 0.15) is 49.0 Å². The zero-order chi connectivity index (χ0) is 18.3. The minimum absolute atomic E-state index is 0.0144. The third-order valence-corrected chi connectivity index (χ3v) is 5.09. The molecule has 136 valence electrons. The van der Waals surface area contributed by atoms with E-state index < -0.39 is 6.23 Å². The van der Waals surface area contributed by atoms with E-state index in [9.17, 15) is 4.79 Å². The average molecular weight is 352 g/mol. The molecule has 1 atom stereocenters. The molecule has 0 bridgehead atoms. The molecule has 1 amide bonds. The van der Waals surface area contributed by atoms with E-state index >= 15 is 0 Å². The number of aromatic nitrogens is 2. The molecule has 3 heterocycles. The third-order valence-electron chi connectivity index (χ3n) is 5.09. The average Bonchev–Trinajstić information content (AvgIpc) is 3.28. The molecule has 0 N–H and O–H groups in total. The van der Waals surface area contributed by atoms with Gasteiger partial charge in [0.1, 0.15) is 5.69 Å². The van der Waals surface area contributed by atoms with Gasteiger partial charge in [0.05, 0.1) is 11.3 Å². The van der Waals surface area contributed by atoms with E-state index in [0.29, 0.717) is 11.6 Å². The topological polar surface area (TPSA) is 58.6 Å². The van der Waals surface area contributed by atoms with Crippen LogP contribution in [0, 0.1) is 0 Å². The van der Waals surface area contributed by atoms with Crippen molar-refractivity contribution in [1.82, 2.24) is 14.9 Å². The Labute approximate surface area is 153 Å². The van der Waals surface area contributed by atoms with Crippen molar-refractivity contribution in [3.8, 4) is 11.3 Å². The lowest BCUT2D eigenvalue weighted by molar-refractivity contribution is -0.0251. The number of amides is 1. The number of hydrogen-bond acceptors (Lipinski definition) is 5. The molecule has 1 aromatic heterocycles. The summed E-state index contributed by atoms with van der Waals surface area (Å²) < 4.78 is 5.72. The molecule has 4 rings (SSSR count). The van der Waals surface area contributed by atoms with E-state index in [1.807, 2.05) is 44.2 Å². The van der Waals surface area contributed by atoms with Gasteiger partial charge in [-0.1, -0.05) is 30.3 Å². The zero-order valence-electron chi connectivity index (χ0n) is 15.5. The van der Waals surface area contributed by atoms with Gasteiger partial charge in [0, 0.05) is 31.8 Å². The summed E-state index contributed by atoms with van der Waals surface area (Å²) in [6.07, 6.45) is 1.81. The molecular formula is C20H24N4O2. The first-order valence-corrected chi connectivity index (χ1v) is 9.19. The summed E-state index contributed by atoms with van der Waals surface area (Å²) in [5.74, 6) is 0.566. The Morgan fingerprint density at radius 3 is 2.35 bits per heavy atom. The Balaban J connectivity index is 1.93. The predicted molar refractivity (Wildman–Crippen MR) is 100.0 cm³/mol. The van der Waals surface area contributed by atoms with Crippen molar-refractivity contribution >= 4 is 11.9 Å². The predicted octanol–water partition coefficient (Wildman–Crippen LogP) is 3.25. The quantitative estimate of drug-likeness (QED) is 0.845. The van der Waals surface area contributed by atoms with Crippen molar-refractivity contribution in [2.75, 3.05) is 25.1 Å². The summed E-state index contributed by atoms with van der Waals surface area (Å²) in [6, 6.07) is 10.00. The second kappa shape index (κ2) is 6.68. The van der Waals surface area contributed by atoms with E-state index in [0.717, 1.165) is 42.8 Å². The van der Waals surface area contributed by atoms with Crippen molar-refractivity contribution < 1.29 is 9.53 Å². The monoisotopic (exact) mass is 352 g/mol. The molecule has 2 aliphatic rings. The molecule has 6 nitrogen and oxygen atoms in total.